The molecule has 0 aliphatic rings. The standard InChI is InChI=1S/C13H16ClN3O3S/c1-9(10-4-3-5-12(14)6-10)17(2)21(19,20)13-11(8-18)7-15-16-13/h3-7,9,18H,8H2,1-2H3,(H,15,16). The topological polar surface area (TPSA) is 86.3 Å². The molecule has 1 aromatic heterocycles. The van der Waals surface area contributed by atoms with Gasteiger partial charge in [0, 0.05) is 23.7 Å². The summed E-state index contributed by atoms with van der Waals surface area (Å²) in [7, 11) is -2.31. The number of halogens is 1. The number of sulfonamides is 1. The quantitative estimate of drug-likeness (QED) is 0.877. The van der Waals surface area contributed by atoms with E-state index < -0.39 is 22.7 Å². The zero-order valence-corrected chi connectivity index (χ0v) is 13.2. The van der Waals surface area contributed by atoms with Crippen molar-refractivity contribution in [2.24, 2.45) is 0 Å². The van der Waals surface area contributed by atoms with Crippen LogP contribution in [0.3, 0.4) is 0 Å². The number of nitrogens with zero attached hydrogens (tertiary/aromatic N) is 2. The summed E-state index contributed by atoms with van der Waals surface area (Å²) < 4.78 is 26.4. The first kappa shape index (κ1) is 16.0. The third kappa shape index (κ3) is 3.11. The van der Waals surface area contributed by atoms with Crippen molar-refractivity contribution in [3.05, 3.63) is 46.6 Å². The van der Waals surface area contributed by atoms with Crippen LogP contribution in [0.5, 0.6) is 0 Å². The molecule has 0 aliphatic carbocycles. The molecule has 2 rings (SSSR count). The van der Waals surface area contributed by atoms with Gasteiger partial charge in [-0.1, -0.05) is 23.7 Å². The molecule has 1 unspecified atom stereocenters. The average molecular weight is 330 g/mol. The van der Waals surface area contributed by atoms with Gasteiger partial charge in [-0.15, -0.1) is 0 Å². The molecule has 0 bridgehead atoms. The highest BCUT2D eigenvalue weighted by Crippen LogP contribution is 2.27. The highest BCUT2D eigenvalue weighted by Gasteiger charge is 2.29. The van der Waals surface area contributed by atoms with Crippen LogP contribution in [-0.4, -0.2) is 35.1 Å². The Morgan fingerprint density at radius 3 is 2.81 bits per heavy atom. The molecule has 0 aliphatic heterocycles. The Bertz CT molecular complexity index is 730. The predicted molar refractivity (Wildman–Crippen MR) is 79.3 cm³/mol. The zero-order chi connectivity index (χ0) is 15.6. The van der Waals surface area contributed by atoms with E-state index in [-0.39, 0.29) is 10.6 Å². The summed E-state index contributed by atoms with van der Waals surface area (Å²) in [5, 5.41) is 15.7. The first-order valence-electron chi connectivity index (χ1n) is 6.24. The number of hydrogen-bond acceptors (Lipinski definition) is 4. The maximum Gasteiger partial charge on any atom is 0.260 e. The first-order chi connectivity index (χ1) is 9.87. The number of benzene rings is 1. The lowest BCUT2D eigenvalue weighted by molar-refractivity contribution is 0.277. The molecular weight excluding hydrogens is 314 g/mol. The summed E-state index contributed by atoms with van der Waals surface area (Å²) in [6.07, 6.45) is 1.30. The van der Waals surface area contributed by atoms with Crippen molar-refractivity contribution in [2.75, 3.05) is 7.05 Å². The summed E-state index contributed by atoms with van der Waals surface area (Å²) in [6, 6.07) is 6.61. The van der Waals surface area contributed by atoms with Gasteiger partial charge < -0.3 is 5.11 Å². The normalized spacial score (nSPS) is 13.6. The fourth-order valence-electron chi connectivity index (χ4n) is 1.96. The van der Waals surface area contributed by atoms with Gasteiger partial charge in [0.2, 0.25) is 0 Å². The molecule has 114 valence electrons. The second-order valence-electron chi connectivity index (χ2n) is 4.63. The van der Waals surface area contributed by atoms with Crippen molar-refractivity contribution in [2.45, 2.75) is 24.6 Å². The molecule has 0 spiro atoms. The highest BCUT2D eigenvalue weighted by atomic mass is 35.5. The fraction of sp³-hybridized carbons (Fsp3) is 0.308. The molecule has 0 fully saturated rings. The Hall–Kier alpha value is -1.41. The summed E-state index contributed by atoms with van der Waals surface area (Å²) >= 11 is 5.94. The lowest BCUT2D eigenvalue weighted by atomic mass is 10.1. The SMILES string of the molecule is CC(c1cccc(Cl)c1)N(C)S(=O)(=O)c1[nH]ncc1CO. The van der Waals surface area contributed by atoms with Crippen LogP contribution < -0.4 is 0 Å². The molecule has 1 aromatic carbocycles. The number of aromatic nitrogens is 2. The molecule has 6 nitrogen and oxygen atoms in total. The van der Waals surface area contributed by atoms with Crippen molar-refractivity contribution in [3.63, 3.8) is 0 Å². The monoisotopic (exact) mass is 329 g/mol. The van der Waals surface area contributed by atoms with Gasteiger partial charge in [0.1, 0.15) is 0 Å². The van der Waals surface area contributed by atoms with Crippen LogP contribution in [0.4, 0.5) is 0 Å². The Balaban J connectivity index is 2.36. The zero-order valence-electron chi connectivity index (χ0n) is 11.6. The number of aliphatic hydroxyl groups excluding tert-OH is 1. The molecule has 0 amide bonds. The average Bonchev–Trinajstić information content (AvgIpc) is 2.95. The molecule has 0 saturated carbocycles. The van der Waals surface area contributed by atoms with E-state index in [0.717, 1.165) is 5.56 Å². The van der Waals surface area contributed by atoms with Crippen LogP contribution in [0.1, 0.15) is 24.1 Å². The van der Waals surface area contributed by atoms with Crippen LogP contribution in [-0.2, 0) is 16.6 Å². The third-order valence-electron chi connectivity index (χ3n) is 3.36. The smallest absolute Gasteiger partial charge is 0.260 e. The van der Waals surface area contributed by atoms with E-state index in [1.807, 2.05) is 6.07 Å². The van der Waals surface area contributed by atoms with Crippen LogP contribution in [0.15, 0.2) is 35.5 Å². The number of nitrogens with one attached hydrogen (secondary N) is 1. The van der Waals surface area contributed by atoms with Gasteiger partial charge in [0.05, 0.1) is 12.8 Å². The summed E-state index contributed by atoms with van der Waals surface area (Å²) in [5.74, 6) is 0. The minimum Gasteiger partial charge on any atom is -0.392 e. The number of rotatable bonds is 5. The summed E-state index contributed by atoms with van der Waals surface area (Å²) in [5.41, 5.74) is 1.01. The van der Waals surface area contributed by atoms with E-state index in [4.69, 9.17) is 11.6 Å². The minimum atomic E-state index is -3.79. The predicted octanol–water partition coefficient (Wildman–Crippen LogP) is 1.94. The first-order valence-corrected chi connectivity index (χ1v) is 8.06. The molecule has 21 heavy (non-hydrogen) atoms. The fourth-order valence-corrected chi connectivity index (χ4v) is 3.61. The Labute approximate surface area is 128 Å². The number of hydrogen-bond donors (Lipinski definition) is 2. The molecule has 0 radical (unpaired) electrons. The lowest BCUT2D eigenvalue weighted by Gasteiger charge is -2.24. The molecule has 2 N–H and O–H groups in total. The van der Waals surface area contributed by atoms with Crippen molar-refractivity contribution in [1.29, 1.82) is 0 Å². The van der Waals surface area contributed by atoms with Gasteiger partial charge in [0.25, 0.3) is 10.0 Å². The van der Waals surface area contributed by atoms with E-state index in [0.29, 0.717) is 5.02 Å². The Morgan fingerprint density at radius 2 is 2.19 bits per heavy atom. The van der Waals surface area contributed by atoms with E-state index in [2.05, 4.69) is 10.2 Å². The van der Waals surface area contributed by atoms with Gasteiger partial charge in [0.15, 0.2) is 5.03 Å². The molecule has 0 saturated heterocycles. The second-order valence-corrected chi connectivity index (χ2v) is 7.01. The van der Waals surface area contributed by atoms with E-state index in [9.17, 15) is 13.5 Å². The van der Waals surface area contributed by atoms with Gasteiger partial charge in [-0.3, -0.25) is 5.10 Å². The molecule has 1 heterocycles. The second kappa shape index (κ2) is 6.15. The Morgan fingerprint density at radius 1 is 1.48 bits per heavy atom. The van der Waals surface area contributed by atoms with Crippen molar-refractivity contribution in [3.8, 4) is 0 Å². The third-order valence-corrected chi connectivity index (χ3v) is 5.54. The van der Waals surface area contributed by atoms with Gasteiger partial charge in [-0.2, -0.15) is 9.40 Å². The number of aliphatic hydroxyl groups is 1. The minimum absolute atomic E-state index is 0.0959. The van der Waals surface area contributed by atoms with Crippen LogP contribution in [0.25, 0.3) is 0 Å². The molecule has 1 atom stereocenters. The molecule has 2 aromatic rings. The molecular formula is C13H16ClN3O3S. The van der Waals surface area contributed by atoms with Gasteiger partial charge >= 0.3 is 0 Å². The van der Waals surface area contributed by atoms with Crippen molar-refractivity contribution < 1.29 is 13.5 Å². The van der Waals surface area contributed by atoms with Gasteiger partial charge in [-0.25, -0.2) is 8.42 Å². The van der Waals surface area contributed by atoms with E-state index in [1.54, 1.807) is 25.1 Å². The highest BCUT2D eigenvalue weighted by molar-refractivity contribution is 7.89. The van der Waals surface area contributed by atoms with E-state index >= 15 is 0 Å². The Kier molecular flexibility index (Phi) is 4.67. The van der Waals surface area contributed by atoms with Crippen LogP contribution in [0, 0.1) is 0 Å². The summed E-state index contributed by atoms with van der Waals surface area (Å²) in [6.45, 7) is 1.36. The maximum atomic E-state index is 12.6. The van der Waals surface area contributed by atoms with Crippen molar-refractivity contribution in [1.82, 2.24) is 14.5 Å². The van der Waals surface area contributed by atoms with Gasteiger partial charge in [-0.05, 0) is 24.6 Å². The largest absolute Gasteiger partial charge is 0.392 e. The number of aromatic amines is 1. The maximum absolute atomic E-state index is 12.6. The lowest BCUT2D eigenvalue weighted by Crippen LogP contribution is -2.30. The summed E-state index contributed by atoms with van der Waals surface area (Å²) in [4.78, 5) is 0. The molecule has 8 heteroatoms. The van der Waals surface area contributed by atoms with Crippen LogP contribution in [0.2, 0.25) is 5.02 Å². The van der Waals surface area contributed by atoms with E-state index in [1.165, 1.54) is 17.5 Å². The number of H-pyrrole nitrogens is 1. The van der Waals surface area contributed by atoms with Crippen molar-refractivity contribution >= 4 is 21.6 Å². The van der Waals surface area contributed by atoms with Crippen LogP contribution >= 0.6 is 11.6 Å².